The van der Waals surface area contributed by atoms with Gasteiger partial charge in [0.1, 0.15) is 17.2 Å². The number of rotatable bonds is 6. The Morgan fingerprint density at radius 3 is 2.65 bits per heavy atom. The second kappa shape index (κ2) is 8.23. The van der Waals surface area contributed by atoms with Gasteiger partial charge in [0.15, 0.2) is 5.76 Å². The van der Waals surface area contributed by atoms with E-state index in [-0.39, 0.29) is 11.9 Å². The smallest absolute Gasteiger partial charge is 0.190 e. The van der Waals surface area contributed by atoms with E-state index < -0.39 is 0 Å². The molecule has 0 aliphatic heterocycles. The van der Waals surface area contributed by atoms with Gasteiger partial charge < -0.3 is 9.84 Å². The third-order valence-corrected chi connectivity index (χ3v) is 5.13. The maximum absolute atomic E-state index is 13.9. The molecule has 0 bridgehead atoms. The largest absolute Gasteiger partial charge is 0.378 e. The number of halogens is 3. The molecule has 26 heavy (non-hydrogen) atoms. The first-order valence-corrected chi connectivity index (χ1v) is 9.54. The van der Waals surface area contributed by atoms with Crippen molar-refractivity contribution in [2.75, 3.05) is 5.32 Å². The van der Waals surface area contributed by atoms with Crippen LogP contribution in [0.2, 0.25) is 5.02 Å². The molecule has 3 nitrogen and oxygen atoms in total. The standard InChI is InChI=1S/C20H19BrClFN2O/c1-12(6-11-16-17(22)4-3-5-18(16)23)24-19-13(2)25-26-20(19)14-7-9-15(21)10-8-14/h3-5,7-10,12,24H,6,11H2,1-2H3. The van der Waals surface area contributed by atoms with Gasteiger partial charge in [-0.1, -0.05) is 38.8 Å². The highest BCUT2D eigenvalue weighted by molar-refractivity contribution is 9.10. The molecular formula is C20H19BrClFN2O. The summed E-state index contributed by atoms with van der Waals surface area (Å²) in [6, 6.07) is 12.7. The van der Waals surface area contributed by atoms with Crippen molar-refractivity contribution in [3.8, 4) is 11.3 Å². The molecule has 0 fully saturated rings. The first kappa shape index (κ1) is 18.9. The van der Waals surface area contributed by atoms with Gasteiger partial charge in [-0.25, -0.2) is 4.39 Å². The van der Waals surface area contributed by atoms with Crippen LogP contribution < -0.4 is 5.32 Å². The average molecular weight is 438 g/mol. The molecular weight excluding hydrogens is 419 g/mol. The van der Waals surface area contributed by atoms with E-state index >= 15 is 0 Å². The highest BCUT2D eigenvalue weighted by atomic mass is 79.9. The first-order valence-electron chi connectivity index (χ1n) is 8.37. The van der Waals surface area contributed by atoms with E-state index in [4.69, 9.17) is 16.1 Å². The van der Waals surface area contributed by atoms with Crippen molar-refractivity contribution in [1.82, 2.24) is 5.16 Å². The van der Waals surface area contributed by atoms with Crippen LogP contribution in [0.15, 0.2) is 51.5 Å². The van der Waals surface area contributed by atoms with Gasteiger partial charge in [0.05, 0.1) is 0 Å². The van der Waals surface area contributed by atoms with Crippen molar-refractivity contribution in [2.45, 2.75) is 32.7 Å². The molecule has 1 unspecified atom stereocenters. The summed E-state index contributed by atoms with van der Waals surface area (Å²) in [6.07, 6.45) is 1.28. The van der Waals surface area contributed by atoms with Crippen molar-refractivity contribution < 1.29 is 8.91 Å². The van der Waals surface area contributed by atoms with Crippen LogP contribution >= 0.6 is 27.5 Å². The average Bonchev–Trinajstić information content (AvgIpc) is 2.96. The molecule has 3 aromatic rings. The molecule has 3 rings (SSSR count). The fourth-order valence-corrected chi connectivity index (χ4v) is 3.31. The molecule has 6 heteroatoms. The molecule has 1 aromatic heterocycles. The fraction of sp³-hybridized carbons (Fsp3) is 0.250. The van der Waals surface area contributed by atoms with Gasteiger partial charge in [-0.05, 0) is 63.1 Å². The summed E-state index contributed by atoms with van der Waals surface area (Å²) in [6.45, 7) is 3.95. The van der Waals surface area contributed by atoms with E-state index in [9.17, 15) is 4.39 Å². The van der Waals surface area contributed by atoms with E-state index in [0.717, 1.165) is 27.8 Å². The molecule has 0 saturated carbocycles. The first-order chi connectivity index (χ1) is 12.5. The Morgan fingerprint density at radius 2 is 1.96 bits per heavy atom. The van der Waals surface area contributed by atoms with Crippen LogP contribution in [0.4, 0.5) is 10.1 Å². The second-order valence-corrected chi connectivity index (χ2v) is 7.59. The van der Waals surface area contributed by atoms with Crippen molar-refractivity contribution in [1.29, 1.82) is 0 Å². The van der Waals surface area contributed by atoms with Crippen LogP contribution in [0.3, 0.4) is 0 Å². The van der Waals surface area contributed by atoms with E-state index in [1.54, 1.807) is 12.1 Å². The maximum atomic E-state index is 13.9. The van der Waals surface area contributed by atoms with Gasteiger partial charge in [-0.3, -0.25) is 0 Å². The minimum atomic E-state index is -0.263. The molecule has 0 spiro atoms. The Bertz CT molecular complexity index is 875. The van der Waals surface area contributed by atoms with Crippen LogP contribution in [0.5, 0.6) is 0 Å². The van der Waals surface area contributed by atoms with E-state index in [1.165, 1.54) is 6.07 Å². The number of aryl methyl sites for hydroxylation is 1. The molecule has 0 amide bonds. The Kier molecular flexibility index (Phi) is 5.99. The van der Waals surface area contributed by atoms with Crippen LogP contribution in [0, 0.1) is 12.7 Å². The van der Waals surface area contributed by atoms with Crippen molar-refractivity contribution in [3.05, 3.63) is 69.0 Å². The summed E-state index contributed by atoms with van der Waals surface area (Å²) >= 11 is 9.54. The molecule has 2 aromatic carbocycles. The van der Waals surface area contributed by atoms with Crippen LogP contribution in [-0.4, -0.2) is 11.2 Å². The molecule has 0 saturated heterocycles. The van der Waals surface area contributed by atoms with Gasteiger partial charge in [0, 0.05) is 26.7 Å². The zero-order chi connectivity index (χ0) is 18.7. The molecule has 0 aliphatic carbocycles. The third kappa shape index (κ3) is 4.27. The summed E-state index contributed by atoms with van der Waals surface area (Å²) < 4.78 is 20.4. The second-order valence-electron chi connectivity index (χ2n) is 6.26. The zero-order valence-corrected chi connectivity index (χ0v) is 16.9. The summed E-state index contributed by atoms with van der Waals surface area (Å²) in [7, 11) is 0. The Hall–Kier alpha value is -1.85. The Balaban J connectivity index is 1.73. The van der Waals surface area contributed by atoms with Crippen molar-refractivity contribution >= 4 is 33.2 Å². The lowest BCUT2D eigenvalue weighted by Gasteiger charge is -2.16. The number of hydrogen-bond donors (Lipinski definition) is 1. The minimum absolute atomic E-state index is 0.0953. The van der Waals surface area contributed by atoms with Crippen LogP contribution in [-0.2, 0) is 6.42 Å². The highest BCUT2D eigenvalue weighted by Gasteiger charge is 2.17. The zero-order valence-electron chi connectivity index (χ0n) is 14.5. The minimum Gasteiger partial charge on any atom is -0.378 e. The Morgan fingerprint density at radius 1 is 1.23 bits per heavy atom. The summed E-state index contributed by atoms with van der Waals surface area (Å²) in [5.41, 5.74) is 3.15. The summed E-state index contributed by atoms with van der Waals surface area (Å²) in [4.78, 5) is 0. The van der Waals surface area contributed by atoms with E-state index in [2.05, 4.69) is 26.4 Å². The number of benzene rings is 2. The number of aromatic nitrogens is 1. The number of nitrogens with zero attached hydrogens (tertiary/aromatic N) is 1. The Labute approximate surface area is 165 Å². The quantitative estimate of drug-likeness (QED) is 0.470. The highest BCUT2D eigenvalue weighted by Crippen LogP contribution is 2.32. The molecule has 1 heterocycles. The van der Waals surface area contributed by atoms with Crippen molar-refractivity contribution in [3.63, 3.8) is 0 Å². The summed E-state index contributed by atoms with van der Waals surface area (Å²) in [5.74, 6) is 0.437. The fourth-order valence-electron chi connectivity index (χ4n) is 2.79. The summed E-state index contributed by atoms with van der Waals surface area (Å²) in [5, 5.41) is 8.00. The van der Waals surface area contributed by atoms with Gasteiger partial charge in [-0.15, -0.1) is 0 Å². The molecule has 0 aliphatic rings. The SMILES string of the molecule is Cc1noc(-c2ccc(Br)cc2)c1NC(C)CCc1c(F)cccc1Cl. The number of hydrogen-bond acceptors (Lipinski definition) is 3. The molecule has 0 radical (unpaired) electrons. The lowest BCUT2D eigenvalue weighted by molar-refractivity contribution is 0.427. The van der Waals surface area contributed by atoms with Crippen molar-refractivity contribution in [2.24, 2.45) is 0 Å². The third-order valence-electron chi connectivity index (χ3n) is 4.25. The lowest BCUT2D eigenvalue weighted by Crippen LogP contribution is -2.17. The lowest BCUT2D eigenvalue weighted by atomic mass is 10.0. The topological polar surface area (TPSA) is 38.1 Å². The predicted molar refractivity (Wildman–Crippen MR) is 107 cm³/mol. The number of anilines is 1. The number of nitrogens with one attached hydrogen (secondary N) is 1. The van der Waals surface area contributed by atoms with Gasteiger partial charge >= 0.3 is 0 Å². The van der Waals surface area contributed by atoms with E-state index in [0.29, 0.717) is 22.8 Å². The van der Waals surface area contributed by atoms with Gasteiger partial charge in [0.25, 0.3) is 0 Å². The molecule has 1 N–H and O–H groups in total. The normalized spacial score (nSPS) is 12.2. The van der Waals surface area contributed by atoms with Gasteiger partial charge in [-0.2, -0.15) is 0 Å². The van der Waals surface area contributed by atoms with Crippen LogP contribution in [0.25, 0.3) is 11.3 Å². The monoisotopic (exact) mass is 436 g/mol. The maximum Gasteiger partial charge on any atom is 0.190 e. The van der Waals surface area contributed by atoms with Crippen LogP contribution in [0.1, 0.15) is 24.6 Å². The molecule has 1 atom stereocenters. The predicted octanol–water partition coefficient (Wildman–Crippen LogP) is 6.64. The van der Waals surface area contributed by atoms with Gasteiger partial charge in [0.2, 0.25) is 0 Å². The van der Waals surface area contributed by atoms with E-state index in [1.807, 2.05) is 38.1 Å². The molecule has 136 valence electrons.